The van der Waals surface area contributed by atoms with E-state index in [9.17, 15) is 19.6 Å². The van der Waals surface area contributed by atoms with Gasteiger partial charge in [-0.15, -0.1) is 0 Å². The maximum atomic E-state index is 13.2. The van der Waals surface area contributed by atoms with Gasteiger partial charge in [-0.1, -0.05) is 50.3 Å². The lowest BCUT2D eigenvalue weighted by atomic mass is 9.85. The molecule has 0 bridgehead atoms. The van der Waals surface area contributed by atoms with E-state index in [1.807, 2.05) is 32.0 Å². The van der Waals surface area contributed by atoms with Crippen molar-refractivity contribution in [3.8, 4) is 0 Å². The van der Waals surface area contributed by atoms with Crippen molar-refractivity contribution in [2.24, 2.45) is 11.8 Å². The van der Waals surface area contributed by atoms with Crippen LogP contribution in [0, 0.1) is 11.8 Å². The molecule has 0 aromatic heterocycles. The van der Waals surface area contributed by atoms with Crippen LogP contribution in [0.5, 0.6) is 0 Å². The molecule has 3 N–H and O–H groups in total. The van der Waals surface area contributed by atoms with Crippen molar-refractivity contribution in [2.75, 3.05) is 26.7 Å². The van der Waals surface area contributed by atoms with Gasteiger partial charge in [-0.2, -0.15) is 0 Å². The SMILES string of the molecule is CC(C)C(=O)N(C)C1CNC(C(=O)N2CC=C(c3ccccc3)CC2)C(C(=O)NO)C1. The number of amides is 3. The van der Waals surface area contributed by atoms with Gasteiger partial charge in [-0.3, -0.25) is 19.6 Å². The summed E-state index contributed by atoms with van der Waals surface area (Å²) in [6, 6.07) is 9.11. The van der Waals surface area contributed by atoms with Gasteiger partial charge in [0.15, 0.2) is 0 Å². The van der Waals surface area contributed by atoms with Gasteiger partial charge in [0.1, 0.15) is 0 Å². The van der Waals surface area contributed by atoms with Crippen LogP contribution in [0.2, 0.25) is 0 Å². The first kappa shape index (κ1) is 23.0. The number of hydroxylamine groups is 1. The lowest BCUT2D eigenvalue weighted by Gasteiger charge is -2.41. The molecule has 1 fully saturated rings. The van der Waals surface area contributed by atoms with E-state index in [0.29, 0.717) is 26.1 Å². The molecular formula is C23H32N4O4. The molecule has 2 heterocycles. The zero-order valence-corrected chi connectivity index (χ0v) is 18.4. The highest BCUT2D eigenvalue weighted by Gasteiger charge is 2.42. The Bertz CT molecular complexity index is 839. The number of benzene rings is 1. The Morgan fingerprint density at radius 1 is 1.23 bits per heavy atom. The summed E-state index contributed by atoms with van der Waals surface area (Å²) < 4.78 is 0. The van der Waals surface area contributed by atoms with E-state index in [4.69, 9.17) is 0 Å². The Hall–Kier alpha value is -2.71. The Balaban J connectivity index is 1.69. The molecular weight excluding hydrogens is 396 g/mol. The van der Waals surface area contributed by atoms with E-state index in [1.165, 1.54) is 5.57 Å². The highest BCUT2D eigenvalue weighted by Crippen LogP contribution is 2.26. The third-order valence-electron chi connectivity index (χ3n) is 6.27. The van der Waals surface area contributed by atoms with Gasteiger partial charge < -0.3 is 15.1 Å². The van der Waals surface area contributed by atoms with E-state index in [2.05, 4.69) is 23.5 Å². The van der Waals surface area contributed by atoms with Crippen LogP contribution in [-0.4, -0.2) is 71.5 Å². The number of nitrogens with one attached hydrogen (secondary N) is 2. The normalized spacial score (nSPS) is 23.8. The fraction of sp³-hybridized carbons (Fsp3) is 0.522. The van der Waals surface area contributed by atoms with Crippen molar-refractivity contribution in [1.82, 2.24) is 20.6 Å². The lowest BCUT2D eigenvalue weighted by molar-refractivity contribution is -0.146. The number of rotatable bonds is 5. The van der Waals surface area contributed by atoms with Crippen molar-refractivity contribution in [3.05, 3.63) is 42.0 Å². The molecule has 2 aliphatic rings. The summed E-state index contributed by atoms with van der Waals surface area (Å²) in [7, 11) is 1.71. The molecule has 1 aromatic carbocycles. The molecule has 1 saturated heterocycles. The van der Waals surface area contributed by atoms with Crippen molar-refractivity contribution >= 4 is 23.3 Å². The van der Waals surface area contributed by atoms with Gasteiger partial charge in [0.25, 0.3) is 0 Å². The molecule has 8 heteroatoms. The standard InChI is InChI=1S/C23H32N4O4/c1-15(2)22(29)26(3)18-13-19(21(28)25-31)20(24-14-18)23(30)27-11-9-17(10-12-27)16-7-5-4-6-8-16/h4-9,15,18-20,24,31H,10-14H2,1-3H3,(H,25,28). The highest BCUT2D eigenvalue weighted by molar-refractivity contribution is 5.91. The molecule has 168 valence electrons. The van der Waals surface area contributed by atoms with Crippen LogP contribution in [0.1, 0.15) is 32.3 Å². The average Bonchev–Trinajstić information content (AvgIpc) is 2.82. The number of hydrogen-bond acceptors (Lipinski definition) is 5. The first-order valence-electron chi connectivity index (χ1n) is 10.8. The third kappa shape index (κ3) is 5.14. The molecule has 1 aromatic rings. The summed E-state index contributed by atoms with van der Waals surface area (Å²) in [4.78, 5) is 41.4. The number of carbonyl (C=O) groups excluding carboxylic acids is 3. The molecule has 0 radical (unpaired) electrons. The fourth-order valence-electron chi connectivity index (χ4n) is 4.38. The number of nitrogens with zero attached hydrogens (tertiary/aromatic N) is 2. The Kier molecular flexibility index (Phi) is 7.46. The molecule has 0 aliphatic carbocycles. The Morgan fingerprint density at radius 2 is 1.94 bits per heavy atom. The average molecular weight is 429 g/mol. The molecule has 31 heavy (non-hydrogen) atoms. The second-order valence-electron chi connectivity index (χ2n) is 8.59. The summed E-state index contributed by atoms with van der Waals surface area (Å²) in [6.07, 6.45) is 3.11. The third-order valence-corrected chi connectivity index (χ3v) is 6.27. The number of carbonyl (C=O) groups is 3. The summed E-state index contributed by atoms with van der Waals surface area (Å²) in [5, 5.41) is 12.4. The van der Waals surface area contributed by atoms with Gasteiger partial charge in [0.2, 0.25) is 17.7 Å². The van der Waals surface area contributed by atoms with Gasteiger partial charge in [-0.05, 0) is 24.0 Å². The second-order valence-corrected chi connectivity index (χ2v) is 8.59. The van der Waals surface area contributed by atoms with E-state index in [1.54, 1.807) is 22.3 Å². The maximum absolute atomic E-state index is 13.2. The molecule has 0 saturated carbocycles. The van der Waals surface area contributed by atoms with Crippen molar-refractivity contribution in [2.45, 2.75) is 38.8 Å². The van der Waals surface area contributed by atoms with E-state index < -0.39 is 17.9 Å². The van der Waals surface area contributed by atoms with Gasteiger partial charge in [0, 0.05) is 38.6 Å². The van der Waals surface area contributed by atoms with Gasteiger partial charge in [0.05, 0.1) is 12.0 Å². The number of hydrogen-bond donors (Lipinski definition) is 3. The first-order valence-corrected chi connectivity index (χ1v) is 10.8. The quantitative estimate of drug-likeness (QED) is 0.484. The predicted octanol–water partition coefficient (Wildman–Crippen LogP) is 1.27. The Morgan fingerprint density at radius 3 is 2.52 bits per heavy atom. The van der Waals surface area contributed by atoms with Crippen LogP contribution in [0.3, 0.4) is 0 Å². The fourth-order valence-corrected chi connectivity index (χ4v) is 4.38. The predicted molar refractivity (Wildman–Crippen MR) is 117 cm³/mol. The largest absolute Gasteiger partial charge is 0.341 e. The zero-order valence-electron chi connectivity index (χ0n) is 18.4. The monoisotopic (exact) mass is 428 g/mol. The van der Waals surface area contributed by atoms with Crippen LogP contribution < -0.4 is 10.8 Å². The molecule has 2 aliphatic heterocycles. The van der Waals surface area contributed by atoms with Crippen LogP contribution in [0.4, 0.5) is 0 Å². The molecule has 3 amide bonds. The lowest BCUT2D eigenvalue weighted by Crippen LogP contribution is -2.62. The molecule has 3 unspecified atom stereocenters. The summed E-state index contributed by atoms with van der Waals surface area (Å²) in [5.74, 6) is -1.72. The minimum atomic E-state index is -0.766. The smallest absolute Gasteiger partial charge is 0.248 e. The molecule has 3 rings (SSSR count). The number of likely N-dealkylation sites (N-methyl/N-ethyl adjacent to an activating group) is 1. The van der Waals surface area contributed by atoms with Crippen molar-refractivity contribution in [1.29, 1.82) is 0 Å². The van der Waals surface area contributed by atoms with Crippen LogP contribution in [0.25, 0.3) is 5.57 Å². The first-order chi connectivity index (χ1) is 14.8. The van der Waals surface area contributed by atoms with Gasteiger partial charge in [-0.25, -0.2) is 5.48 Å². The van der Waals surface area contributed by atoms with Crippen molar-refractivity contribution < 1.29 is 19.6 Å². The topological polar surface area (TPSA) is 102 Å². The second kappa shape index (κ2) is 10.1. The maximum Gasteiger partial charge on any atom is 0.248 e. The van der Waals surface area contributed by atoms with Crippen molar-refractivity contribution in [3.63, 3.8) is 0 Å². The van der Waals surface area contributed by atoms with E-state index in [0.717, 1.165) is 12.0 Å². The zero-order chi connectivity index (χ0) is 22.5. The minimum absolute atomic E-state index is 0.0191. The Labute approximate surface area is 183 Å². The molecule has 3 atom stereocenters. The van der Waals surface area contributed by atoms with Crippen LogP contribution in [-0.2, 0) is 14.4 Å². The highest BCUT2D eigenvalue weighted by atomic mass is 16.5. The molecule has 8 nitrogen and oxygen atoms in total. The molecule has 0 spiro atoms. The van der Waals surface area contributed by atoms with E-state index >= 15 is 0 Å². The van der Waals surface area contributed by atoms with E-state index in [-0.39, 0.29) is 23.8 Å². The van der Waals surface area contributed by atoms with Gasteiger partial charge >= 0.3 is 0 Å². The summed E-state index contributed by atoms with van der Waals surface area (Å²) >= 11 is 0. The summed E-state index contributed by atoms with van der Waals surface area (Å²) in [6.45, 7) is 5.11. The minimum Gasteiger partial charge on any atom is -0.341 e. The van der Waals surface area contributed by atoms with Crippen LogP contribution in [0.15, 0.2) is 36.4 Å². The van der Waals surface area contributed by atoms with Crippen LogP contribution >= 0.6 is 0 Å². The number of piperidine rings is 1. The summed E-state index contributed by atoms with van der Waals surface area (Å²) in [5.41, 5.74) is 4.06.